The van der Waals surface area contributed by atoms with Gasteiger partial charge in [-0.05, 0) is 25.1 Å². The van der Waals surface area contributed by atoms with Crippen LogP contribution in [-0.4, -0.2) is 53.7 Å². The minimum absolute atomic E-state index is 0.336. The normalized spacial score (nSPS) is 16.9. The molecule has 1 fully saturated rings. The van der Waals surface area contributed by atoms with Gasteiger partial charge in [-0.1, -0.05) is 6.92 Å². The predicted molar refractivity (Wildman–Crippen MR) is 70.3 cm³/mol. The van der Waals surface area contributed by atoms with Gasteiger partial charge in [0.05, 0.1) is 0 Å². The average molecular weight is 249 g/mol. The van der Waals surface area contributed by atoms with Crippen molar-refractivity contribution in [1.82, 2.24) is 9.88 Å². The van der Waals surface area contributed by atoms with Crippen LogP contribution in [0, 0.1) is 6.92 Å². The van der Waals surface area contributed by atoms with Crippen LogP contribution >= 0.6 is 0 Å². The quantitative estimate of drug-likeness (QED) is 0.873. The Balaban J connectivity index is 2.24. The molecule has 1 aromatic heterocycles. The maximum atomic E-state index is 11.3. The van der Waals surface area contributed by atoms with E-state index in [0.717, 1.165) is 38.3 Å². The molecule has 1 saturated heterocycles. The van der Waals surface area contributed by atoms with Crippen molar-refractivity contribution in [2.45, 2.75) is 13.8 Å². The van der Waals surface area contributed by atoms with Crippen LogP contribution in [0.4, 0.5) is 5.82 Å². The van der Waals surface area contributed by atoms with Gasteiger partial charge in [-0.3, -0.25) is 0 Å². The largest absolute Gasteiger partial charge is 0.478 e. The zero-order valence-electron chi connectivity index (χ0n) is 10.9. The Hall–Kier alpha value is -1.62. The van der Waals surface area contributed by atoms with Crippen molar-refractivity contribution in [3.63, 3.8) is 0 Å². The third kappa shape index (κ3) is 2.46. The lowest BCUT2D eigenvalue weighted by molar-refractivity contribution is 0.0696. The monoisotopic (exact) mass is 249 g/mol. The van der Waals surface area contributed by atoms with Crippen LogP contribution in [0.1, 0.15) is 22.8 Å². The van der Waals surface area contributed by atoms with E-state index in [1.807, 2.05) is 6.92 Å². The van der Waals surface area contributed by atoms with Crippen molar-refractivity contribution >= 4 is 11.8 Å². The highest BCUT2D eigenvalue weighted by Crippen LogP contribution is 2.22. The molecular formula is C13H19N3O2. The van der Waals surface area contributed by atoms with E-state index in [0.29, 0.717) is 11.4 Å². The zero-order valence-corrected chi connectivity index (χ0v) is 10.9. The Morgan fingerprint density at radius 1 is 1.39 bits per heavy atom. The molecule has 0 aliphatic carbocycles. The van der Waals surface area contributed by atoms with Gasteiger partial charge in [0.2, 0.25) is 0 Å². The predicted octanol–water partition coefficient (Wildman–Crippen LogP) is 1.23. The van der Waals surface area contributed by atoms with Crippen LogP contribution in [0.5, 0.6) is 0 Å². The molecule has 5 nitrogen and oxygen atoms in total. The second kappa shape index (κ2) is 5.35. The lowest BCUT2D eigenvalue weighted by Crippen LogP contribution is -2.47. The number of aromatic carboxylic acids is 1. The summed E-state index contributed by atoms with van der Waals surface area (Å²) in [6.07, 6.45) is 1.68. The first-order valence-electron chi connectivity index (χ1n) is 6.29. The molecule has 0 unspecified atom stereocenters. The summed E-state index contributed by atoms with van der Waals surface area (Å²) in [5.74, 6) is -0.285. The number of nitrogens with zero attached hydrogens (tertiary/aromatic N) is 3. The fraction of sp³-hybridized carbons (Fsp3) is 0.538. The molecule has 1 N–H and O–H groups in total. The summed E-state index contributed by atoms with van der Waals surface area (Å²) in [6, 6.07) is 1.75. The van der Waals surface area contributed by atoms with Gasteiger partial charge in [0.25, 0.3) is 0 Å². The van der Waals surface area contributed by atoms with Crippen LogP contribution < -0.4 is 4.90 Å². The molecule has 0 aromatic carbocycles. The van der Waals surface area contributed by atoms with Crippen LogP contribution in [0.15, 0.2) is 12.3 Å². The van der Waals surface area contributed by atoms with Gasteiger partial charge in [0, 0.05) is 32.4 Å². The lowest BCUT2D eigenvalue weighted by atomic mass is 10.1. The highest BCUT2D eigenvalue weighted by atomic mass is 16.4. The molecule has 5 heteroatoms. The van der Waals surface area contributed by atoms with E-state index in [1.165, 1.54) is 0 Å². The third-order valence-corrected chi connectivity index (χ3v) is 3.47. The third-order valence-electron chi connectivity index (χ3n) is 3.47. The number of aryl methyl sites for hydroxylation is 1. The van der Waals surface area contributed by atoms with Crippen LogP contribution in [0.2, 0.25) is 0 Å². The van der Waals surface area contributed by atoms with Crippen LogP contribution in [0.3, 0.4) is 0 Å². The standard InChI is InChI=1S/C13H19N3O2/c1-3-15-6-8-16(9-7-15)12-11(13(17)18)10(2)4-5-14-12/h4-5H,3,6-9H2,1-2H3,(H,17,18). The molecule has 0 saturated carbocycles. The fourth-order valence-corrected chi connectivity index (χ4v) is 2.32. The van der Waals surface area contributed by atoms with E-state index in [2.05, 4.69) is 21.7 Å². The van der Waals surface area contributed by atoms with Crippen molar-refractivity contribution < 1.29 is 9.90 Å². The summed E-state index contributed by atoms with van der Waals surface area (Å²) in [5.41, 5.74) is 1.10. The topological polar surface area (TPSA) is 56.7 Å². The van der Waals surface area contributed by atoms with E-state index < -0.39 is 5.97 Å². The van der Waals surface area contributed by atoms with Crippen LogP contribution in [-0.2, 0) is 0 Å². The molecule has 0 bridgehead atoms. The maximum Gasteiger partial charge on any atom is 0.339 e. The van der Waals surface area contributed by atoms with E-state index >= 15 is 0 Å². The molecule has 1 aliphatic rings. The Labute approximate surface area is 107 Å². The highest BCUT2D eigenvalue weighted by Gasteiger charge is 2.23. The van der Waals surface area contributed by atoms with Crippen molar-refractivity contribution in [3.05, 3.63) is 23.4 Å². The number of hydrogen-bond donors (Lipinski definition) is 1. The Morgan fingerprint density at radius 3 is 2.61 bits per heavy atom. The van der Waals surface area contributed by atoms with E-state index in [1.54, 1.807) is 12.3 Å². The number of likely N-dealkylation sites (N-methyl/N-ethyl adjacent to an activating group) is 1. The number of anilines is 1. The fourth-order valence-electron chi connectivity index (χ4n) is 2.32. The Kier molecular flexibility index (Phi) is 3.81. The molecule has 0 atom stereocenters. The minimum atomic E-state index is -0.895. The SMILES string of the molecule is CCN1CCN(c2nccc(C)c2C(=O)O)CC1. The summed E-state index contributed by atoms with van der Waals surface area (Å²) >= 11 is 0. The molecule has 0 radical (unpaired) electrons. The van der Waals surface area contributed by atoms with Gasteiger partial charge in [-0.25, -0.2) is 9.78 Å². The van der Waals surface area contributed by atoms with E-state index in [-0.39, 0.29) is 0 Å². The second-order valence-electron chi connectivity index (χ2n) is 4.55. The Bertz CT molecular complexity index is 440. The molecule has 98 valence electrons. The molecule has 2 heterocycles. The van der Waals surface area contributed by atoms with Crippen LogP contribution in [0.25, 0.3) is 0 Å². The summed E-state index contributed by atoms with van der Waals surface area (Å²) in [5, 5.41) is 9.30. The molecule has 1 aliphatic heterocycles. The number of pyridine rings is 1. The van der Waals surface area contributed by atoms with Gasteiger partial charge in [-0.2, -0.15) is 0 Å². The Morgan fingerprint density at radius 2 is 2.06 bits per heavy atom. The molecule has 0 spiro atoms. The molecule has 1 aromatic rings. The van der Waals surface area contributed by atoms with Crippen molar-refractivity contribution in [2.24, 2.45) is 0 Å². The van der Waals surface area contributed by atoms with Gasteiger partial charge in [-0.15, -0.1) is 0 Å². The maximum absolute atomic E-state index is 11.3. The minimum Gasteiger partial charge on any atom is -0.478 e. The molecule has 2 rings (SSSR count). The zero-order chi connectivity index (χ0) is 13.1. The molecule has 0 amide bonds. The van der Waals surface area contributed by atoms with Gasteiger partial charge >= 0.3 is 5.97 Å². The van der Waals surface area contributed by atoms with E-state index in [4.69, 9.17) is 0 Å². The second-order valence-corrected chi connectivity index (χ2v) is 4.55. The van der Waals surface area contributed by atoms with E-state index in [9.17, 15) is 9.90 Å². The van der Waals surface area contributed by atoms with Crippen molar-refractivity contribution in [1.29, 1.82) is 0 Å². The number of carboxylic acid groups (broad SMARTS) is 1. The summed E-state index contributed by atoms with van der Waals surface area (Å²) in [6.45, 7) is 8.60. The first-order chi connectivity index (χ1) is 8.63. The highest BCUT2D eigenvalue weighted by molar-refractivity contribution is 5.95. The first-order valence-corrected chi connectivity index (χ1v) is 6.29. The summed E-state index contributed by atoms with van der Waals surface area (Å²) in [4.78, 5) is 20.0. The van der Waals surface area contributed by atoms with Gasteiger partial charge < -0.3 is 14.9 Å². The van der Waals surface area contributed by atoms with Gasteiger partial charge in [0.1, 0.15) is 11.4 Å². The number of hydrogen-bond acceptors (Lipinski definition) is 4. The van der Waals surface area contributed by atoms with Gasteiger partial charge in [0.15, 0.2) is 0 Å². The number of aromatic nitrogens is 1. The average Bonchev–Trinajstić information content (AvgIpc) is 2.38. The molecular weight excluding hydrogens is 230 g/mol. The van der Waals surface area contributed by atoms with Crippen molar-refractivity contribution in [2.75, 3.05) is 37.6 Å². The summed E-state index contributed by atoms with van der Waals surface area (Å²) in [7, 11) is 0. The smallest absolute Gasteiger partial charge is 0.339 e. The number of carboxylic acids is 1. The molecule has 18 heavy (non-hydrogen) atoms. The number of piperazine rings is 1. The lowest BCUT2D eigenvalue weighted by Gasteiger charge is -2.35. The number of rotatable bonds is 3. The number of carbonyl (C=O) groups is 1. The van der Waals surface area contributed by atoms with Crippen molar-refractivity contribution in [3.8, 4) is 0 Å². The summed E-state index contributed by atoms with van der Waals surface area (Å²) < 4.78 is 0. The first kappa shape index (κ1) is 12.8.